The zero-order valence-corrected chi connectivity index (χ0v) is 15.0. The molecule has 1 aromatic heterocycles. The van der Waals surface area contributed by atoms with E-state index in [4.69, 9.17) is 4.74 Å². The lowest BCUT2D eigenvalue weighted by molar-refractivity contribution is 0.0527. The van der Waals surface area contributed by atoms with E-state index in [0.29, 0.717) is 23.8 Å². The van der Waals surface area contributed by atoms with Crippen LogP contribution in [0, 0.1) is 6.92 Å². The Morgan fingerprint density at radius 1 is 1.32 bits per heavy atom. The van der Waals surface area contributed by atoms with Crippen LogP contribution in [0.4, 0.5) is 5.69 Å². The summed E-state index contributed by atoms with van der Waals surface area (Å²) in [6.07, 6.45) is 3.50. The van der Waals surface area contributed by atoms with Crippen LogP contribution in [0.15, 0.2) is 36.5 Å². The number of anilines is 1. The van der Waals surface area contributed by atoms with Crippen LogP contribution in [0.5, 0.6) is 5.88 Å². The molecule has 132 valence electrons. The Morgan fingerprint density at radius 2 is 2.16 bits per heavy atom. The Bertz CT molecular complexity index is 748. The number of likely N-dealkylation sites (tertiary alicyclic amines) is 1. The Hall–Kier alpha value is -2.63. The summed E-state index contributed by atoms with van der Waals surface area (Å²) in [5.41, 5.74) is 1.73. The highest BCUT2D eigenvalue weighted by molar-refractivity contribution is 5.95. The molecule has 0 radical (unpaired) electrons. The summed E-state index contributed by atoms with van der Waals surface area (Å²) in [5.74, 6) is 1.30. The number of carbonyl (C=O) groups excluding carboxylic acids is 1. The molecule has 2 aromatic rings. The quantitative estimate of drug-likeness (QED) is 0.856. The molecular formula is C19H24N4O2. The minimum Gasteiger partial charge on any atom is -0.472 e. The Labute approximate surface area is 148 Å². The maximum Gasteiger partial charge on any atom is 0.254 e. The van der Waals surface area contributed by atoms with Crippen LogP contribution in [0.3, 0.4) is 0 Å². The van der Waals surface area contributed by atoms with E-state index in [1.54, 1.807) is 12.3 Å². The zero-order chi connectivity index (χ0) is 17.8. The number of benzene rings is 1. The lowest BCUT2D eigenvalue weighted by Gasteiger charge is -2.32. The molecule has 0 bridgehead atoms. The number of piperidine rings is 1. The second-order valence-corrected chi connectivity index (χ2v) is 6.52. The SMILES string of the molecule is Cc1nccc(OC2CCCN(C(=O)c3cccc(N(C)C)c3)C2)n1. The molecule has 1 aliphatic rings. The van der Waals surface area contributed by atoms with E-state index >= 15 is 0 Å². The summed E-state index contributed by atoms with van der Waals surface area (Å²) in [7, 11) is 3.94. The minimum atomic E-state index is -0.0379. The predicted octanol–water partition coefficient (Wildman–Crippen LogP) is 2.53. The van der Waals surface area contributed by atoms with Gasteiger partial charge in [0.15, 0.2) is 0 Å². The number of hydrogen-bond donors (Lipinski definition) is 0. The highest BCUT2D eigenvalue weighted by atomic mass is 16.5. The summed E-state index contributed by atoms with van der Waals surface area (Å²) in [6, 6.07) is 9.48. The Morgan fingerprint density at radius 3 is 2.92 bits per heavy atom. The molecule has 0 aliphatic carbocycles. The maximum absolute atomic E-state index is 12.9. The summed E-state index contributed by atoms with van der Waals surface area (Å²) in [4.78, 5) is 25.1. The number of aromatic nitrogens is 2. The molecule has 2 heterocycles. The van der Waals surface area contributed by atoms with Crippen molar-refractivity contribution in [3.8, 4) is 5.88 Å². The van der Waals surface area contributed by atoms with E-state index in [1.807, 2.05) is 55.1 Å². The van der Waals surface area contributed by atoms with Gasteiger partial charge in [-0.1, -0.05) is 6.07 Å². The van der Waals surface area contributed by atoms with Crippen LogP contribution in [-0.2, 0) is 0 Å². The molecule has 0 spiro atoms. The third kappa shape index (κ3) is 4.26. The van der Waals surface area contributed by atoms with Crippen LogP contribution < -0.4 is 9.64 Å². The summed E-state index contributed by atoms with van der Waals surface area (Å²) in [5, 5.41) is 0. The van der Waals surface area contributed by atoms with Crippen LogP contribution >= 0.6 is 0 Å². The fourth-order valence-corrected chi connectivity index (χ4v) is 2.99. The molecule has 1 atom stereocenters. The second kappa shape index (κ2) is 7.51. The molecule has 3 rings (SSSR count). The molecule has 6 nitrogen and oxygen atoms in total. The zero-order valence-electron chi connectivity index (χ0n) is 15.0. The molecule has 0 N–H and O–H groups in total. The number of ether oxygens (including phenoxy) is 1. The van der Waals surface area contributed by atoms with Crippen molar-refractivity contribution in [1.29, 1.82) is 0 Å². The van der Waals surface area contributed by atoms with E-state index in [0.717, 1.165) is 25.1 Å². The van der Waals surface area contributed by atoms with Crippen molar-refractivity contribution in [3.05, 3.63) is 47.9 Å². The molecule has 1 saturated heterocycles. The first kappa shape index (κ1) is 17.2. The lowest BCUT2D eigenvalue weighted by atomic mass is 10.1. The van der Waals surface area contributed by atoms with Gasteiger partial charge in [-0.25, -0.2) is 4.98 Å². The number of amides is 1. The van der Waals surface area contributed by atoms with E-state index in [2.05, 4.69) is 9.97 Å². The normalized spacial score (nSPS) is 17.2. The molecule has 1 unspecified atom stereocenters. The van der Waals surface area contributed by atoms with Gasteiger partial charge < -0.3 is 14.5 Å². The number of nitrogens with zero attached hydrogens (tertiary/aromatic N) is 4. The van der Waals surface area contributed by atoms with Crippen LogP contribution in [0.25, 0.3) is 0 Å². The highest BCUT2D eigenvalue weighted by Crippen LogP contribution is 2.20. The van der Waals surface area contributed by atoms with Gasteiger partial charge in [-0.05, 0) is 38.0 Å². The third-order valence-corrected chi connectivity index (χ3v) is 4.31. The highest BCUT2D eigenvalue weighted by Gasteiger charge is 2.26. The minimum absolute atomic E-state index is 0.0379. The van der Waals surface area contributed by atoms with Gasteiger partial charge in [0, 0.05) is 44.2 Å². The van der Waals surface area contributed by atoms with Crippen molar-refractivity contribution in [2.24, 2.45) is 0 Å². The summed E-state index contributed by atoms with van der Waals surface area (Å²) < 4.78 is 5.96. The standard InChI is InChI=1S/C19H24N4O2/c1-14-20-10-9-18(21-14)25-17-8-5-11-23(13-17)19(24)15-6-4-7-16(12-15)22(2)3/h4,6-7,9-10,12,17H,5,8,11,13H2,1-3H3. The topological polar surface area (TPSA) is 58.6 Å². The predicted molar refractivity (Wildman–Crippen MR) is 97.1 cm³/mol. The average Bonchev–Trinajstić information content (AvgIpc) is 2.61. The summed E-state index contributed by atoms with van der Waals surface area (Å²) in [6.45, 7) is 3.17. The van der Waals surface area contributed by atoms with Crippen molar-refractivity contribution in [2.75, 3.05) is 32.1 Å². The first-order chi connectivity index (χ1) is 12.0. The molecule has 6 heteroatoms. The molecule has 1 aromatic carbocycles. The van der Waals surface area contributed by atoms with Gasteiger partial charge in [-0.15, -0.1) is 0 Å². The van der Waals surface area contributed by atoms with Gasteiger partial charge >= 0.3 is 0 Å². The van der Waals surface area contributed by atoms with Gasteiger partial charge in [-0.2, -0.15) is 4.98 Å². The monoisotopic (exact) mass is 340 g/mol. The van der Waals surface area contributed by atoms with E-state index in [9.17, 15) is 4.79 Å². The number of aryl methyl sites for hydroxylation is 1. The molecule has 1 aliphatic heterocycles. The van der Waals surface area contributed by atoms with Crippen LogP contribution in [0.1, 0.15) is 29.0 Å². The number of hydrogen-bond acceptors (Lipinski definition) is 5. The first-order valence-electron chi connectivity index (χ1n) is 8.56. The Balaban J connectivity index is 1.68. The van der Waals surface area contributed by atoms with E-state index in [1.165, 1.54) is 0 Å². The molecule has 0 saturated carbocycles. The maximum atomic E-state index is 12.9. The van der Waals surface area contributed by atoms with Gasteiger partial charge in [0.25, 0.3) is 5.91 Å². The molecule has 25 heavy (non-hydrogen) atoms. The lowest BCUT2D eigenvalue weighted by Crippen LogP contribution is -2.44. The first-order valence-corrected chi connectivity index (χ1v) is 8.56. The Kier molecular flexibility index (Phi) is 5.16. The van der Waals surface area contributed by atoms with Crippen LogP contribution in [0.2, 0.25) is 0 Å². The van der Waals surface area contributed by atoms with Crippen molar-refractivity contribution in [1.82, 2.24) is 14.9 Å². The number of carbonyl (C=O) groups is 1. The smallest absolute Gasteiger partial charge is 0.254 e. The van der Waals surface area contributed by atoms with E-state index < -0.39 is 0 Å². The molecule has 1 fully saturated rings. The summed E-state index contributed by atoms with van der Waals surface area (Å²) >= 11 is 0. The van der Waals surface area contributed by atoms with Crippen molar-refractivity contribution in [3.63, 3.8) is 0 Å². The second-order valence-electron chi connectivity index (χ2n) is 6.52. The van der Waals surface area contributed by atoms with Crippen molar-refractivity contribution < 1.29 is 9.53 Å². The van der Waals surface area contributed by atoms with Crippen molar-refractivity contribution in [2.45, 2.75) is 25.9 Å². The van der Waals surface area contributed by atoms with Gasteiger partial charge in [0.1, 0.15) is 11.9 Å². The fraction of sp³-hybridized carbons (Fsp3) is 0.421. The largest absolute Gasteiger partial charge is 0.472 e. The van der Waals surface area contributed by atoms with Crippen molar-refractivity contribution >= 4 is 11.6 Å². The molecular weight excluding hydrogens is 316 g/mol. The van der Waals surface area contributed by atoms with Gasteiger partial charge in [0.2, 0.25) is 5.88 Å². The molecule has 1 amide bonds. The van der Waals surface area contributed by atoms with Gasteiger partial charge in [0.05, 0.1) is 6.54 Å². The average molecular weight is 340 g/mol. The number of rotatable bonds is 4. The fourth-order valence-electron chi connectivity index (χ4n) is 2.99. The van der Waals surface area contributed by atoms with E-state index in [-0.39, 0.29) is 12.0 Å². The third-order valence-electron chi connectivity index (χ3n) is 4.31. The van der Waals surface area contributed by atoms with Crippen LogP contribution in [-0.4, -0.2) is 54.1 Å². The van der Waals surface area contributed by atoms with Gasteiger partial charge in [-0.3, -0.25) is 4.79 Å².